The van der Waals surface area contributed by atoms with Crippen LogP contribution in [0.3, 0.4) is 0 Å². The maximum Gasteiger partial charge on any atom is 0.313 e. The van der Waals surface area contributed by atoms with Crippen LogP contribution in [0, 0.1) is 28.6 Å². The number of ether oxygens (including phenoxy) is 1. The van der Waals surface area contributed by atoms with Crippen LogP contribution < -0.4 is 0 Å². The number of esters is 1. The number of nitrogens with zero attached hydrogens (tertiary/aromatic N) is 1. The van der Waals surface area contributed by atoms with Crippen LogP contribution in [0.4, 0.5) is 0 Å². The van der Waals surface area contributed by atoms with Gasteiger partial charge in [-0.15, -0.1) is 0 Å². The fourth-order valence-electron chi connectivity index (χ4n) is 4.70. The minimum atomic E-state index is -0.643. The summed E-state index contributed by atoms with van der Waals surface area (Å²) in [5.74, 6) is 0.679. The van der Waals surface area contributed by atoms with E-state index in [0.29, 0.717) is 18.3 Å². The van der Waals surface area contributed by atoms with Crippen LogP contribution >= 0.6 is 0 Å². The van der Waals surface area contributed by atoms with Gasteiger partial charge in [-0.25, -0.2) is 0 Å². The van der Waals surface area contributed by atoms with Crippen molar-refractivity contribution in [1.82, 2.24) is 0 Å². The van der Waals surface area contributed by atoms with Crippen molar-refractivity contribution in [2.24, 2.45) is 17.3 Å². The monoisotopic (exact) mass is 235 g/mol. The summed E-state index contributed by atoms with van der Waals surface area (Å²) in [6, 6.07) is 1.83. The molecule has 0 aromatic rings. The molecule has 4 fully saturated rings. The van der Waals surface area contributed by atoms with Crippen molar-refractivity contribution in [3.05, 3.63) is 0 Å². The highest BCUT2D eigenvalue weighted by molar-refractivity contribution is 5.78. The average molecular weight is 235 g/mol. The van der Waals surface area contributed by atoms with Crippen LogP contribution in [-0.4, -0.2) is 23.3 Å². The van der Waals surface area contributed by atoms with Crippen LogP contribution in [0.5, 0.6) is 0 Å². The third-order valence-corrected chi connectivity index (χ3v) is 4.73. The van der Waals surface area contributed by atoms with Gasteiger partial charge in [0.25, 0.3) is 0 Å². The van der Waals surface area contributed by atoms with Crippen molar-refractivity contribution in [3.8, 4) is 6.07 Å². The first-order chi connectivity index (χ1) is 8.05. The lowest BCUT2D eigenvalue weighted by Gasteiger charge is -2.58. The molecule has 92 valence electrons. The summed E-state index contributed by atoms with van der Waals surface area (Å²) < 4.78 is 5.01. The second-order valence-electron chi connectivity index (χ2n) is 6.20. The van der Waals surface area contributed by atoms with E-state index < -0.39 is 11.0 Å². The lowest BCUT2D eigenvalue weighted by molar-refractivity contribution is -0.195. The minimum absolute atomic E-state index is 0.172. The summed E-state index contributed by atoms with van der Waals surface area (Å²) in [4.78, 5) is 12.1. The van der Waals surface area contributed by atoms with Crippen LogP contribution in [0.15, 0.2) is 0 Å². The van der Waals surface area contributed by atoms with Gasteiger partial charge in [-0.3, -0.25) is 4.79 Å². The molecule has 0 heterocycles. The van der Waals surface area contributed by atoms with E-state index in [-0.39, 0.29) is 12.6 Å². The molecule has 4 rings (SSSR count). The lowest BCUT2D eigenvalue weighted by Crippen LogP contribution is -2.58. The van der Waals surface area contributed by atoms with Crippen molar-refractivity contribution in [1.29, 1.82) is 5.26 Å². The van der Waals surface area contributed by atoms with E-state index in [1.165, 1.54) is 0 Å². The zero-order chi connectivity index (χ0) is 12.1. The Morgan fingerprint density at radius 1 is 1.35 bits per heavy atom. The van der Waals surface area contributed by atoms with Crippen molar-refractivity contribution < 1.29 is 14.6 Å². The Labute approximate surface area is 101 Å². The van der Waals surface area contributed by atoms with E-state index >= 15 is 0 Å². The smallest absolute Gasteiger partial charge is 0.313 e. The highest BCUT2D eigenvalue weighted by atomic mass is 16.5. The Bertz CT molecular complexity index is 384. The lowest BCUT2D eigenvalue weighted by atomic mass is 9.48. The summed E-state index contributed by atoms with van der Waals surface area (Å²) in [6.07, 6.45) is 5.06. The normalized spacial score (nSPS) is 46.6. The second kappa shape index (κ2) is 3.46. The van der Waals surface area contributed by atoms with Gasteiger partial charge < -0.3 is 9.84 Å². The van der Waals surface area contributed by atoms with Crippen LogP contribution in [0.2, 0.25) is 0 Å². The third kappa shape index (κ3) is 1.64. The molecular weight excluding hydrogens is 218 g/mol. The maximum absolute atomic E-state index is 12.1. The summed E-state index contributed by atoms with van der Waals surface area (Å²) in [6.45, 7) is -0.172. The molecule has 0 aliphatic heterocycles. The predicted molar refractivity (Wildman–Crippen MR) is 58.6 cm³/mol. The van der Waals surface area contributed by atoms with Crippen molar-refractivity contribution in [3.63, 3.8) is 0 Å². The predicted octanol–water partition coefficient (Wildman–Crippen LogP) is 1.38. The van der Waals surface area contributed by atoms with Gasteiger partial charge in [-0.1, -0.05) is 0 Å². The quantitative estimate of drug-likeness (QED) is 0.734. The Morgan fingerprint density at radius 3 is 2.53 bits per heavy atom. The van der Waals surface area contributed by atoms with Gasteiger partial charge in [0.2, 0.25) is 0 Å². The van der Waals surface area contributed by atoms with Gasteiger partial charge in [0.15, 0.2) is 6.61 Å². The van der Waals surface area contributed by atoms with Crippen LogP contribution in [0.1, 0.15) is 38.5 Å². The van der Waals surface area contributed by atoms with E-state index in [1.807, 2.05) is 6.07 Å². The average Bonchev–Trinajstić information content (AvgIpc) is 2.22. The minimum Gasteiger partial charge on any atom is -0.450 e. The van der Waals surface area contributed by atoms with Gasteiger partial charge >= 0.3 is 5.97 Å². The van der Waals surface area contributed by atoms with Gasteiger partial charge in [0, 0.05) is 0 Å². The fraction of sp³-hybridized carbons (Fsp3) is 0.846. The zero-order valence-electron chi connectivity index (χ0n) is 9.82. The van der Waals surface area contributed by atoms with Gasteiger partial charge in [-0.05, 0) is 50.4 Å². The molecule has 4 nitrogen and oxygen atoms in total. The number of hydrogen-bond donors (Lipinski definition) is 1. The van der Waals surface area contributed by atoms with E-state index in [4.69, 9.17) is 10.00 Å². The van der Waals surface area contributed by atoms with Crippen LogP contribution in [0.25, 0.3) is 0 Å². The number of rotatable bonds is 2. The summed E-state index contributed by atoms with van der Waals surface area (Å²) in [5, 5.41) is 18.9. The first kappa shape index (κ1) is 11.0. The number of aliphatic hydroxyl groups is 1. The Hall–Kier alpha value is -1.08. The molecule has 0 saturated heterocycles. The van der Waals surface area contributed by atoms with E-state index in [2.05, 4.69) is 0 Å². The summed E-state index contributed by atoms with van der Waals surface area (Å²) >= 11 is 0. The topological polar surface area (TPSA) is 70.3 Å². The Balaban J connectivity index is 1.83. The zero-order valence-corrected chi connectivity index (χ0v) is 9.82. The molecule has 0 aromatic carbocycles. The molecule has 4 atom stereocenters. The third-order valence-electron chi connectivity index (χ3n) is 4.73. The number of carbonyl (C=O) groups is 1. The molecule has 1 N–H and O–H groups in total. The molecule has 4 bridgehead atoms. The molecule has 4 saturated carbocycles. The van der Waals surface area contributed by atoms with Crippen molar-refractivity contribution in [2.75, 3.05) is 6.61 Å². The molecule has 17 heavy (non-hydrogen) atoms. The van der Waals surface area contributed by atoms with Gasteiger partial charge in [0.1, 0.15) is 6.07 Å². The van der Waals surface area contributed by atoms with Crippen LogP contribution in [-0.2, 0) is 9.53 Å². The highest BCUT2D eigenvalue weighted by Crippen LogP contribution is 2.61. The van der Waals surface area contributed by atoms with Crippen molar-refractivity contribution in [2.45, 2.75) is 44.1 Å². The number of nitriles is 1. The molecule has 0 amide bonds. The first-order valence-corrected chi connectivity index (χ1v) is 6.32. The van der Waals surface area contributed by atoms with E-state index in [9.17, 15) is 9.90 Å². The largest absolute Gasteiger partial charge is 0.450 e. The van der Waals surface area contributed by atoms with Crippen molar-refractivity contribution >= 4 is 5.97 Å². The highest BCUT2D eigenvalue weighted by Gasteiger charge is 2.60. The molecule has 0 aromatic heterocycles. The summed E-state index contributed by atoms with van der Waals surface area (Å²) in [5.41, 5.74) is -1.13. The summed E-state index contributed by atoms with van der Waals surface area (Å²) in [7, 11) is 0. The number of carbonyl (C=O) groups excluding carboxylic acids is 1. The standard InChI is InChI=1S/C13H17NO3/c14-1-2-17-11(15)12-4-9-3-10(5-12)7-13(16,6-9)8-12/h9-10,16H,2-8H2/t9-,10+,12?,13?. The Kier molecular flexibility index (Phi) is 2.24. The Morgan fingerprint density at radius 2 is 2.00 bits per heavy atom. The first-order valence-electron chi connectivity index (χ1n) is 6.32. The number of hydrogen-bond acceptors (Lipinski definition) is 4. The molecule has 4 aliphatic rings. The molecule has 0 spiro atoms. The van der Waals surface area contributed by atoms with Gasteiger partial charge in [-0.2, -0.15) is 5.26 Å². The molecule has 4 heteroatoms. The maximum atomic E-state index is 12.1. The van der Waals surface area contributed by atoms with E-state index in [0.717, 1.165) is 32.1 Å². The fourth-order valence-corrected chi connectivity index (χ4v) is 4.70. The molecule has 4 aliphatic carbocycles. The molecular formula is C13H17NO3. The van der Waals surface area contributed by atoms with Gasteiger partial charge in [0.05, 0.1) is 11.0 Å². The molecule has 0 radical (unpaired) electrons. The molecule has 2 unspecified atom stereocenters. The second-order valence-corrected chi connectivity index (χ2v) is 6.20. The SMILES string of the molecule is N#CCOC(=O)C12C[C@@H]3C[C@@H](CC(O)(C3)C1)C2. The van der Waals surface area contributed by atoms with E-state index in [1.54, 1.807) is 0 Å².